The number of nitrogens with zero attached hydrogens (tertiary/aromatic N) is 1. The van der Waals surface area contributed by atoms with E-state index in [-0.39, 0.29) is 35.3 Å². The van der Waals surface area contributed by atoms with Crippen LogP contribution < -0.4 is 9.64 Å². The Balaban J connectivity index is 1.09. The van der Waals surface area contributed by atoms with Crippen LogP contribution in [0.1, 0.15) is 74.0 Å². The van der Waals surface area contributed by atoms with Crippen LogP contribution in [0.25, 0.3) is 0 Å². The molecule has 0 aromatic heterocycles. The number of benzene rings is 4. The Morgan fingerprint density at radius 1 is 0.741 bits per heavy atom. The number of ether oxygens (including phenoxy) is 2. The minimum atomic E-state index is 0.00543. The van der Waals surface area contributed by atoms with Crippen LogP contribution in [0, 0.1) is 17.8 Å². The van der Waals surface area contributed by atoms with Gasteiger partial charge in [0.2, 0.25) is 0 Å². The summed E-state index contributed by atoms with van der Waals surface area (Å²) in [6.45, 7) is 2.50. The van der Waals surface area contributed by atoms with E-state index in [9.17, 15) is 0 Å². The maximum absolute atomic E-state index is 7.30. The Labute approximate surface area is 319 Å². The molecule has 11 rings (SSSR count). The summed E-state index contributed by atoms with van der Waals surface area (Å²) in [7, 11) is 0. The van der Waals surface area contributed by atoms with Crippen LogP contribution in [0.3, 0.4) is 0 Å². The first-order valence-corrected chi connectivity index (χ1v) is 20.3. The minimum Gasteiger partial charge on any atom is -0.485 e. The summed E-state index contributed by atoms with van der Waals surface area (Å²) in [5.74, 6) is 4.76. The second-order valence-corrected chi connectivity index (χ2v) is 16.7. The third-order valence-electron chi connectivity index (χ3n) is 13.8. The molecule has 4 aromatic rings. The molecule has 8 atom stereocenters. The Bertz CT molecular complexity index is 2310. The van der Waals surface area contributed by atoms with Gasteiger partial charge in [-0.05, 0) is 89.3 Å². The van der Waals surface area contributed by atoms with Crippen molar-refractivity contribution in [1.82, 2.24) is 0 Å². The molecule has 0 bridgehead atoms. The van der Waals surface area contributed by atoms with Gasteiger partial charge >= 0.3 is 0 Å². The van der Waals surface area contributed by atoms with Gasteiger partial charge in [-0.15, -0.1) is 0 Å². The van der Waals surface area contributed by atoms with E-state index in [1.807, 2.05) is 0 Å². The van der Waals surface area contributed by atoms with Crippen molar-refractivity contribution in [3.8, 4) is 5.75 Å². The van der Waals surface area contributed by atoms with Crippen molar-refractivity contribution in [3.05, 3.63) is 197 Å². The Hall–Kier alpha value is -5.28. The number of allylic oxidation sites excluding steroid dienone is 8. The molecule has 0 N–H and O–H groups in total. The topological polar surface area (TPSA) is 21.7 Å². The van der Waals surface area contributed by atoms with E-state index < -0.39 is 0 Å². The molecule has 3 nitrogen and oxygen atoms in total. The highest BCUT2D eigenvalue weighted by Crippen LogP contribution is 2.61. The van der Waals surface area contributed by atoms with Gasteiger partial charge in [-0.3, -0.25) is 0 Å². The summed E-state index contributed by atoms with van der Waals surface area (Å²) >= 11 is 0. The zero-order chi connectivity index (χ0) is 35.8. The monoisotopic (exact) mass is 705 g/mol. The zero-order valence-corrected chi connectivity index (χ0v) is 31.0. The van der Waals surface area contributed by atoms with Crippen LogP contribution in [-0.2, 0) is 10.2 Å². The highest BCUT2D eigenvalue weighted by atomic mass is 16.5. The van der Waals surface area contributed by atoms with Crippen LogP contribution in [-0.4, -0.2) is 12.1 Å². The quantitative estimate of drug-likeness (QED) is 0.197. The van der Waals surface area contributed by atoms with Crippen molar-refractivity contribution < 1.29 is 9.47 Å². The molecule has 3 heteroatoms. The third kappa shape index (κ3) is 4.93. The molecule has 4 aliphatic carbocycles. The zero-order valence-electron chi connectivity index (χ0n) is 31.0. The lowest BCUT2D eigenvalue weighted by molar-refractivity contribution is 0.132. The number of hydrogen-bond donors (Lipinski definition) is 0. The lowest BCUT2D eigenvalue weighted by atomic mass is 9.58. The van der Waals surface area contributed by atoms with Gasteiger partial charge in [0.05, 0.1) is 6.04 Å². The average molecular weight is 706 g/mol. The van der Waals surface area contributed by atoms with E-state index in [4.69, 9.17) is 9.47 Å². The molecule has 54 heavy (non-hydrogen) atoms. The van der Waals surface area contributed by atoms with Crippen molar-refractivity contribution in [2.24, 2.45) is 17.8 Å². The van der Waals surface area contributed by atoms with E-state index in [0.29, 0.717) is 11.8 Å². The van der Waals surface area contributed by atoms with Gasteiger partial charge in [0.1, 0.15) is 23.4 Å². The summed E-state index contributed by atoms with van der Waals surface area (Å²) in [5, 5.41) is 0. The molecule has 0 spiro atoms. The SMILES string of the molecule is CC1(c2ccccc2)CCC2=C(C1)C(C1c3ccccc3OC3C=CC=CC31)C1=C(CCC=C1C1CC=CC3c4ccccc4N(c4ccccc4)C13)O2. The molecule has 3 aliphatic heterocycles. The highest BCUT2D eigenvalue weighted by Gasteiger charge is 2.53. The Kier molecular flexibility index (Phi) is 7.54. The van der Waals surface area contributed by atoms with Crippen LogP contribution >= 0.6 is 0 Å². The normalized spacial score (nSPS) is 31.6. The molecular formula is C51H47NO2. The van der Waals surface area contributed by atoms with Gasteiger partial charge in [-0.1, -0.05) is 128 Å². The van der Waals surface area contributed by atoms with Gasteiger partial charge in [-0.2, -0.15) is 0 Å². The lowest BCUT2D eigenvalue weighted by Crippen LogP contribution is -2.44. The predicted octanol–water partition coefficient (Wildman–Crippen LogP) is 12.2. The van der Waals surface area contributed by atoms with Crippen LogP contribution in [0.5, 0.6) is 5.75 Å². The van der Waals surface area contributed by atoms with Crippen molar-refractivity contribution in [2.45, 2.75) is 74.8 Å². The van der Waals surface area contributed by atoms with Crippen molar-refractivity contribution in [3.63, 3.8) is 0 Å². The van der Waals surface area contributed by atoms with E-state index >= 15 is 0 Å². The average Bonchev–Trinajstić information content (AvgIpc) is 3.57. The summed E-state index contributed by atoms with van der Waals surface area (Å²) in [6, 6.07) is 40.7. The Morgan fingerprint density at radius 2 is 1.50 bits per heavy atom. The van der Waals surface area contributed by atoms with Crippen molar-refractivity contribution in [2.75, 3.05) is 4.90 Å². The van der Waals surface area contributed by atoms with Crippen molar-refractivity contribution >= 4 is 11.4 Å². The molecule has 0 saturated heterocycles. The minimum absolute atomic E-state index is 0.00543. The Morgan fingerprint density at radius 3 is 2.37 bits per heavy atom. The number of rotatable bonds is 4. The van der Waals surface area contributed by atoms with Gasteiger partial charge < -0.3 is 14.4 Å². The highest BCUT2D eigenvalue weighted by molar-refractivity contribution is 5.75. The number of anilines is 2. The molecule has 0 fully saturated rings. The molecule has 7 aliphatic rings. The van der Waals surface area contributed by atoms with E-state index in [0.717, 1.165) is 44.3 Å². The van der Waals surface area contributed by atoms with Gasteiger partial charge in [0.25, 0.3) is 0 Å². The number of fused-ring (bicyclic) bond motifs is 5. The lowest BCUT2D eigenvalue weighted by Gasteiger charge is -2.50. The molecule has 0 saturated carbocycles. The predicted molar refractivity (Wildman–Crippen MR) is 218 cm³/mol. The van der Waals surface area contributed by atoms with E-state index in [2.05, 4.69) is 164 Å². The fourth-order valence-electron chi connectivity index (χ4n) is 11.5. The second kappa shape index (κ2) is 12.7. The van der Waals surface area contributed by atoms with Gasteiger partial charge in [0, 0.05) is 59.4 Å². The first kappa shape index (κ1) is 32.2. The summed E-state index contributed by atoms with van der Waals surface area (Å²) in [6.07, 6.45) is 22.8. The number of hydrogen-bond acceptors (Lipinski definition) is 3. The first-order valence-electron chi connectivity index (χ1n) is 20.3. The third-order valence-corrected chi connectivity index (χ3v) is 13.8. The smallest absolute Gasteiger partial charge is 0.124 e. The molecule has 0 radical (unpaired) electrons. The maximum Gasteiger partial charge on any atom is 0.124 e. The second-order valence-electron chi connectivity index (χ2n) is 16.7. The molecule has 0 amide bonds. The molecule has 268 valence electrons. The molecular weight excluding hydrogens is 659 g/mol. The molecule has 8 unspecified atom stereocenters. The standard InChI is InChI=1S/C51H47NO2/c1-51(33-16-4-2-5-17-33)31-30-45-41(32-51)49(47-39-21-9-12-27-43(39)53-44-28-13-10-22-40(44)47)48-36(23-15-29-46(48)54-45)38-25-14-24-37-35-20-8-11-26-42(35)52(50(37)38)34-18-6-3-7-19-34/h2-14,16-24,26-28,37-39,43,47,49-50H,15,25,29-32H2,1H3. The fraction of sp³-hybridized carbons (Fsp3) is 0.294. The van der Waals surface area contributed by atoms with Gasteiger partial charge in [0.15, 0.2) is 0 Å². The first-order chi connectivity index (χ1) is 26.7. The summed E-state index contributed by atoms with van der Waals surface area (Å²) in [5.41, 5.74) is 11.4. The van der Waals surface area contributed by atoms with Crippen LogP contribution in [0.4, 0.5) is 11.4 Å². The molecule has 4 aromatic carbocycles. The van der Waals surface area contributed by atoms with Crippen LogP contribution in [0.2, 0.25) is 0 Å². The summed E-state index contributed by atoms with van der Waals surface area (Å²) < 4.78 is 14.1. The van der Waals surface area contributed by atoms with E-state index in [1.165, 1.54) is 56.3 Å². The fourth-order valence-corrected chi connectivity index (χ4v) is 11.5. The number of para-hydroxylation sites is 3. The van der Waals surface area contributed by atoms with E-state index in [1.54, 1.807) is 0 Å². The molecule has 3 heterocycles. The largest absolute Gasteiger partial charge is 0.485 e. The summed E-state index contributed by atoms with van der Waals surface area (Å²) in [4.78, 5) is 2.68. The van der Waals surface area contributed by atoms with Gasteiger partial charge in [-0.25, -0.2) is 0 Å². The maximum atomic E-state index is 7.30. The van der Waals surface area contributed by atoms with Crippen LogP contribution in [0.15, 0.2) is 180 Å². The van der Waals surface area contributed by atoms with Crippen molar-refractivity contribution in [1.29, 1.82) is 0 Å².